The average Bonchev–Trinajstić information content (AvgIpc) is 2.34. The zero-order valence-corrected chi connectivity index (χ0v) is 5.41. The highest BCUT2D eigenvalue weighted by Gasteiger charge is 2.11. The summed E-state index contributed by atoms with van der Waals surface area (Å²) in [5, 5.41) is 9.27. The molecule has 0 aromatic heterocycles. The van der Waals surface area contributed by atoms with Crippen molar-refractivity contribution in [1.29, 1.82) is 0 Å². The molecule has 10 heavy (non-hydrogen) atoms. The van der Waals surface area contributed by atoms with Crippen LogP contribution >= 0.6 is 0 Å². The van der Waals surface area contributed by atoms with Crippen molar-refractivity contribution in [1.82, 2.24) is 0 Å². The van der Waals surface area contributed by atoms with Gasteiger partial charge in [-0.25, -0.2) is 0 Å². The normalized spacial score (nSPS) is 21.1. The van der Waals surface area contributed by atoms with Gasteiger partial charge in [0.2, 0.25) is 0 Å². The van der Waals surface area contributed by atoms with E-state index >= 15 is 0 Å². The molecule has 0 heterocycles. The lowest BCUT2D eigenvalue weighted by Gasteiger charge is -2.00. The van der Waals surface area contributed by atoms with E-state index in [9.17, 15) is 5.11 Å². The van der Waals surface area contributed by atoms with Gasteiger partial charge in [0.25, 0.3) is 0 Å². The summed E-state index contributed by atoms with van der Waals surface area (Å²) < 4.78 is 0. The summed E-state index contributed by atoms with van der Waals surface area (Å²) in [6.07, 6.45) is 3.29. The van der Waals surface area contributed by atoms with E-state index in [1.807, 2.05) is 24.3 Å². The highest BCUT2D eigenvalue weighted by molar-refractivity contribution is 5.60. The summed E-state index contributed by atoms with van der Waals surface area (Å²) in [6.45, 7) is 0. The van der Waals surface area contributed by atoms with Gasteiger partial charge in [-0.1, -0.05) is 24.3 Å². The summed E-state index contributed by atoms with van der Waals surface area (Å²) in [5.41, 5.74) is 2.06. The number of aliphatic hydroxyl groups excluding tert-OH is 1. The first-order valence-electron chi connectivity index (χ1n) is 3.24. The summed E-state index contributed by atoms with van der Waals surface area (Å²) in [4.78, 5) is 0. The molecule has 0 amide bonds. The van der Waals surface area contributed by atoms with E-state index in [1.165, 1.54) is 0 Å². The van der Waals surface area contributed by atoms with Crippen LogP contribution in [0.3, 0.4) is 0 Å². The third-order valence-corrected chi connectivity index (χ3v) is 1.71. The Labute approximate surface area is 59.6 Å². The predicted molar refractivity (Wildman–Crippen MR) is 39.3 cm³/mol. The van der Waals surface area contributed by atoms with Crippen molar-refractivity contribution in [3.63, 3.8) is 0 Å². The summed E-state index contributed by atoms with van der Waals surface area (Å²) >= 11 is 0. The van der Waals surface area contributed by atoms with E-state index in [-0.39, 0.29) is 0 Å². The number of hydrogen-bond acceptors (Lipinski definition) is 1. The van der Waals surface area contributed by atoms with Gasteiger partial charge in [0.05, 0.1) is 6.10 Å². The maximum absolute atomic E-state index is 9.27. The first kappa shape index (κ1) is 5.69. The molecule has 0 aliphatic heterocycles. The Morgan fingerprint density at radius 1 is 1.50 bits per heavy atom. The molecule has 1 aromatic rings. The Bertz CT molecular complexity index is 276. The standard InChI is InChI=1S/C9H7O/c10-9-6-5-7-3-1-2-4-8(7)9/h1,3-6,9-10H. The van der Waals surface area contributed by atoms with Gasteiger partial charge in [-0.05, 0) is 23.3 Å². The smallest absolute Gasteiger partial charge is 0.0981 e. The lowest BCUT2D eigenvalue weighted by atomic mass is 10.1. The number of rotatable bonds is 0. The Morgan fingerprint density at radius 3 is 3.20 bits per heavy atom. The van der Waals surface area contributed by atoms with Crippen LogP contribution in [0, 0.1) is 6.07 Å². The molecule has 0 bridgehead atoms. The molecule has 1 radical (unpaired) electrons. The van der Waals surface area contributed by atoms with Crippen LogP contribution in [0.1, 0.15) is 17.2 Å². The van der Waals surface area contributed by atoms with Crippen LogP contribution in [0.2, 0.25) is 0 Å². The second-order valence-electron chi connectivity index (χ2n) is 2.36. The molecule has 1 N–H and O–H groups in total. The van der Waals surface area contributed by atoms with Gasteiger partial charge < -0.3 is 5.11 Å². The van der Waals surface area contributed by atoms with E-state index in [0.717, 1.165) is 11.1 Å². The number of benzene rings is 1. The number of hydrogen-bond donors (Lipinski definition) is 1. The molecule has 1 aliphatic rings. The minimum atomic E-state index is -0.410. The molecule has 1 unspecified atom stereocenters. The maximum atomic E-state index is 9.27. The average molecular weight is 131 g/mol. The Kier molecular flexibility index (Phi) is 1.11. The molecular formula is C9H7O. The molecule has 1 aliphatic carbocycles. The molecule has 0 saturated carbocycles. The van der Waals surface area contributed by atoms with Crippen LogP contribution in [-0.4, -0.2) is 5.11 Å². The van der Waals surface area contributed by atoms with E-state index in [4.69, 9.17) is 0 Å². The highest BCUT2D eigenvalue weighted by atomic mass is 16.3. The zero-order chi connectivity index (χ0) is 6.97. The van der Waals surface area contributed by atoms with Gasteiger partial charge in [-0.15, -0.1) is 0 Å². The summed E-state index contributed by atoms with van der Waals surface area (Å²) in [6, 6.07) is 8.54. The van der Waals surface area contributed by atoms with Crippen molar-refractivity contribution in [2.24, 2.45) is 0 Å². The predicted octanol–water partition coefficient (Wildman–Crippen LogP) is 1.55. The van der Waals surface area contributed by atoms with Gasteiger partial charge in [-0.3, -0.25) is 0 Å². The second-order valence-corrected chi connectivity index (χ2v) is 2.36. The summed E-state index contributed by atoms with van der Waals surface area (Å²) in [7, 11) is 0. The molecule has 0 spiro atoms. The number of fused-ring (bicyclic) bond motifs is 1. The van der Waals surface area contributed by atoms with Gasteiger partial charge in [-0.2, -0.15) is 0 Å². The van der Waals surface area contributed by atoms with E-state index < -0.39 is 6.10 Å². The number of aliphatic hydroxyl groups is 1. The molecule has 49 valence electrons. The van der Waals surface area contributed by atoms with E-state index in [0.29, 0.717) is 0 Å². The topological polar surface area (TPSA) is 20.2 Å². The Hall–Kier alpha value is -1.08. The fourth-order valence-electron chi connectivity index (χ4n) is 1.16. The minimum Gasteiger partial charge on any atom is -0.384 e. The van der Waals surface area contributed by atoms with Crippen LogP contribution < -0.4 is 0 Å². The first-order valence-corrected chi connectivity index (χ1v) is 3.24. The SMILES string of the molecule is OC1C=Cc2cc[c]cc21. The van der Waals surface area contributed by atoms with E-state index in [1.54, 1.807) is 6.08 Å². The molecule has 2 rings (SSSR count). The molecule has 1 heteroatoms. The van der Waals surface area contributed by atoms with Crippen molar-refractivity contribution in [3.8, 4) is 0 Å². The molecule has 1 aromatic carbocycles. The second kappa shape index (κ2) is 1.96. The molecule has 1 nitrogen and oxygen atoms in total. The third-order valence-electron chi connectivity index (χ3n) is 1.71. The fraction of sp³-hybridized carbons (Fsp3) is 0.111. The monoisotopic (exact) mass is 131 g/mol. The fourth-order valence-corrected chi connectivity index (χ4v) is 1.16. The van der Waals surface area contributed by atoms with Crippen LogP contribution in [0.25, 0.3) is 6.08 Å². The van der Waals surface area contributed by atoms with Gasteiger partial charge in [0.15, 0.2) is 0 Å². The maximum Gasteiger partial charge on any atom is 0.0981 e. The zero-order valence-electron chi connectivity index (χ0n) is 5.41. The summed E-state index contributed by atoms with van der Waals surface area (Å²) in [5.74, 6) is 0. The lowest BCUT2D eigenvalue weighted by molar-refractivity contribution is 0.232. The van der Waals surface area contributed by atoms with Gasteiger partial charge in [0.1, 0.15) is 0 Å². The lowest BCUT2D eigenvalue weighted by Crippen LogP contribution is -1.88. The van der Waals surface area contributed by atoms with Gasteiger partial charge in [0, 0.05) is 0 Å². The van der Waals surface area contributed by atoms with Crippen molar-refractivity contribution < 1.29 is 5.11 Å². The van der Waals surface area contributed by atoms with Crippen molar-refractivity contribution in [2.75, 3.05) is 0 Å². The Morgan fingerprint density at radius 2 is 2.40 bits per heavy atom. The first-order chi connectivity index (χ1) is 4.88. The van der Waals surface area contributed by atoms with Crippen LogP contribution in [0.4, 0.5) is 0 Å². The largest absolute Gasteiger partial charge is 0.384 e. The van der Waals surface area contributed by atoms with Crippen LogP contribution in [0.15, 0.2) is 24.3 Å². The van der Waals surface area contributed by atoms with E-state index in [2.05, 4.69) is 6.07 Å². The van der Waals surface area contributed by atoms with Crippen LogP contribution in [-0.2, 0) is 0 Å². The Balaban J connectivity index is 2.59. The highest BCUT2D eigenvalue weighted by Crippen LogP contribution is 2.26. The molecule has 1 atom stereocenters. The van der Waals surface area contributed by atoms with Crippen molar-refractivity contribution in [2.45, 2.75) is 6.10 Å². The van der Waals surface area contributed by atoms with Crippen molar-refractivity contribution in [3.05, 3.63) is 41.5 Å². The minimum absolute atomic E-state index is 0.410. The quantitative estimate of drug-likeness (QED) is 0.566. The van der Waals surface area contributed by atoms with Crippen molar-refractivity contribution >= 4 is 6.08 Å². The van der Waals surface area contributed by atoms with Gasteiger partial charge >= 0.3 is 0 Å². The third kappa shape index (κ3) is 0.677. The molecule has 0 saturated heterocycles. The molecule has 0 fully saturated rings. The van der Waals surface area contributed by atoms with Crippen LogP contribution in [0.5, 0.6) is 0 Å². The molecular weight excluding hydrogens is 124 g/mol.